The molecule has 3 rings (SSSR count). The summed E-state index contributed by atoms with van der Waals surface area (Å²) >= 11 is 0. The zero-order valence-corrected chi connectivity index (χ0v) is 15.8. The molecule has 8 heteroatoms. The van der Waals surface area contributed by atoms with E-state index >= 15 is 0 Å². The SMILES string of the molecule is CC(CNS(=O)(=O)CCN1C(=O)c2ccccc2C1=O)N1CCCCC1. The topological polar surface area (TPSA) is 86.8 Å². The second-order valence-electron chi connectivity index (χ2n) is 6.92. The molecule has 0 aromatic heterocycles. The van der Waals surface area contributed by atoms with E-state index in [4.69, 9.17) is 0 Å². The van der Waals surface area contributed by atoms with Crippen molar-refractivity contribution in [1.82, 2.24) is 14.5 Å². The lowest BCUT2D eigenvalue weighted by molar-refractivity contribution is 0.0664. The van der Waals surface area contributed by atoms with Gasteiger partial charge in [-0.3, -0.25) is 19.4 Å². The molecule has 1 aromatic carbocycles. The fourth-order valence-electron chi connectivity index (χ4n) is 3.46. The van der Waals surface area contributed by atoms with Gasteiger partial charge in [0.05, 0.1) is 16.9 Å². The molecule has 1 atom stereocenters. The number of imide groups is 1. The predicted molar refractivity (Wildman–Crippen MR) is 98.5 cm³/mol. The third-order valence-electron chi connectivity index (χ3n) is 5.07. The van der Waals surface area contributed by atoms with Crippen molar-refractivity contribution in [1.29, 1.82) is 0 Å². The van der Waals surface area contributed by atoms with E-state index in [1.54, 1.807) is 24.3 Å². The highest BCUT2D eigenvalue weighted by molar-refractivity contribution is 7.89. The molecule has 2 aliphatic heterocycles. The molecule has 2 amide bonds. The van der Waals surface area contributed by atoms with Crippen LogP contribution in [0.5, 0.6) is 0 Å². The molecule has 1 unspecified atom stereocenters. The molecule has 0 radical (unpaired) electrons. The number of nitrogens with one attached hydrogen (secondary N) is 1. The Kier molecular flexibility index (Phi) is 5.74. The number of piperidine rings is 1. The predicted octanol–water partition coefficient (Wildman–Crippen LogP) is 1.08. The summed E-state index contributed by atoms with van der Waals surface area (Å²) in [6.45, 7) is 4.21. The van der Waals surface area contributed by atoms with Crippen molar-refractivity contribution in [2.45, 2.75) is 32.2 Å². The van der Waals surface area contributed by atoms with E-state index in [1.807, 2.05) is 6.92 Å². The molecule has 2 aliphatic rings. The fraction of sp³-hybridized carbons (Fsp3) is 0.556. The molecule has 7 nitrogen and oxygen atoms in total. The minimum atomic E-state index is -3.56. The zero-order valence-electron chi connectivity index (χ0n) is 15.0. The number of benzene rings is 1. The molecule has 0 saturated carbocycles. The molecular formula is C18H25N3O4S. The van der Waals surface area contributed by atoms with Crippen LogP contribution in [-0.2, 0) is 10.0 Å². The fourth-order valence-corrected chi connectivity index (χ4v) is 4.52. The van der Waals surface area contributed by atoms with Crippen LogP contribution >= 0.6 is 0 Å². The van der Waals surface area contributed by atoms with Gasteiger partial charge in [-0.05, 0) is 45.0 Å². The number of amides is 2. The van der Waals surface area contributed by atoms with Gasteiger partial charge in [0.2, 0.25) is 10.0 Å². The Hall–Kier alpha value is -1.77. The quantitative estimate of drug-likeness (QED) is 0.717. The van der Waals surface area contributed by atoms with E-state index in [0.29, 0.717) is 17.7 Å². The van der Waals surface area contributed by atoms with Gasteiger partial charge >= 0.3 is 0 Å². The number of hydrogen-bond donors (Lipinski definition) is 1. The van der Waals surface area contributed by atoms with Gasteiger partial charge in [-0.1, -0.05) is 18.6 Å². The second kappa shape index (κ2) is 7.85. The van der Waals surface area contributed by atoms with Crippen LogP contribution in [0, 0.1) is 0 Å². The Labute approximate surface area is 154 Å². The summed E-state index contributed by atoms with van der Waals surface area (Å²) in [6, 6.07) is 6.68. The van der Waals surface area contributed by atoms with Crippen molar-refractivity contribution in [2.24, 2.45) is 0 Å². The first-order valence-corrected chi connectivity index (χ1v) is 10.7. The number of carbonyl (C=O) groups excluding carboxylic acids is 2. The summed E-state index contributed by atoms with van der Waals surface area (Å²) in [4.78, 5) is 27.9. The number of hydrogen-bond acceptors (Lipinski definition) is 5. The zero-order chi connectivity index (χ0) is 18.7. The summed E-state index contributed by atoms with van der Waals surface area (Å²) in [5.41, 5.74) is 0.670. The Morgan fingerprint density at radius 2 is 1.62 bits per heavy atom. The van der Waals surface area contributed by atoms with Crippen LogP contribution in [0.3, 0.4) is 0 Å². The summed E-state index contributed by atoms with van der Waals surface area (Å²) in [7, 11) is -3.56. The molecule has 1 fully saturated rings. The van der Waals surface area contributed by atoms with Gasteiger partial charge in [-0.2, -0.15) is 0 Å². The molecule has 142 valence electrons. The molecule has 0 spiro atoms. The molecular weight excluding hydrogens is 354 g/mol. The van der Waals surface area contributed by atoms with Crippen molar-refractivity contribution >= 4 is 21.8 Å². The molecule has 1 N–H and O–H groups in total. The van der Waals surface area contributed by atoms with Crippen LogP contribution in [0.1, 0.15) is 46.9 Å². The van der Waals surface area contributed by atoms with E-state index in [1.165, 1.54) is 6.42 Å². The van der Waals surface area contributed by atoms with Crippen LogP contribution in [0.4, 0.5) is 0 Å². The van der Waals surface area contributed by atoms with Gasteiger partial charge in [0.1, 0.15) is 0 Å². The van der Waals surface area contributed by atoms with Crippen LogP contribution < -0.4 is 4.72 Å². The maximum absolute atomic E-state index is 12.3. The van der Waals surface area contributed by atoms with Crippen LogP contribution in [-0.4, -0.2) is 68.0 Å². The molecule has 0 aliphatic carbocycles. The van der Waals surface area contributed by atoms with E-state index in [9.17, 15) is 18.0 Å². The minimum Gasteiger partial charge on any atom is -0.299 e. The van der Waals surface area contributed by atoms with Crippen molar-refractivity contribution in [3.8, 4) is 0 Å². The first kappa shape index (κ1) is 19.0. The van der Waals surface area contributed by atoms with Crippen LogP contribution in [0.15, 0.2) is 24.3 Å². The highest BCUT2D eigenvalue weighted by atomic mass is 32.2. The molecule has 26 heavy (non-hydrogen) atoms. The summed E-state index contributed by atoms with van der Waals surface area (Å²) in [6.07, 6.45) is 3.53. The number of carbonyl (C=O) groups is 2. The third kappa shape index (κ3) is 4.13. The first-order chi connectivity index (χ1) is 12.4. The average molecular weight is 379 g/mol. The summed E-state index contributed by atoms with van der Waals surface area (Å²) in [5.74, 6) is -1.14. The molecule has 0 bridgehead atoms. The minimum absolute atomic E-state index is 0.129. The van der Waals surface area contributed by atoms with Crippen molar-refractivity contribution in [3.63, 3.8) is 0 Å². The largest absolute Gasteiger partial charge is 0.299 e. The van der Waals surface area contributed by atoms with Crippen molar-refractivity contribution in [2.75, 3.05) is 31.9 Å². The van der Waals surface area contributed by atoms with E-state index in [0.717, 1.165) is 30.8 Å². The number of fused-ring (bicyclic) bond motifs is 1. The number of sulfonamides is 1. The monoisotopic (exact) mass is 379 g/mol. The van der Waals surface area contributed by atoms with E-state index in [2.05, 4.69) is 9.62 Å². The Morgan fingerprint density at radius 1 is 1.04 bits per heavy atom. The van der Waals surface area contributed by atoms with E-state index < -0.39 is 21.8 Å². The van der Waals surface area contributed by atoms with Gasteiger partial charge < -0.3 is 0 Å². The van der Waals surface area contributed by atoms with Gasteiger partial charge in [-0.25, -0.2) is 13.1 Å². The Bertz CT molecular complexity index is 752. The Balaban J connectivity index is 1.52. The lowest BCUT2D eigenvalue weighted by Gasteiger charge is -2.32. The number of nitrogens with zero attached hydrogens (tertiary/aromatic N) is 2. The standard InChI is InChI=1S/C18H25N3O4S/c1-14(20-9-5-2-6-10-20)13-19-26(24,25)12-11-21-17(22)15-7-3-4-8-16(15)18(21)23/h3-4,7-8,14,19H,2,5-6,9-13H2,1H3. The van der Waals surface area contributed by atoms with Gasteiger partial charge in [0, 0.05) is 19.1 Å². The van der Waals surface area contributed by atoms with Crippen LogP contribution in [0.25, 0.3) is 0 Å². The van der Waals surface area contributed by atoms with Crippen molar-refractivity contribution in [3.05, 3.63) is 35.4 Å². The maximum atomic E-state index is 12.3. The Morgan fingerprint density at radius 3 is 2.19 bits per heavy atom. The lowest BCUT2D eigenvalue weighted by atomic mass is 10.1. The smallest absolute Gasteiger partial charge is 0.261 e. The first-order valence-electron chi connectivity index (χ1n) is 9.05. The summed E-state index contributed by atoms with van der Waals surface area (Å²) in [5, 5.41) is 0. The van der Waals surface area contributed by atoms with Gasteiger partial charge in [0.15, 0.2) is 0 Å². The highest BCUT2D eigenvalue weighted by Gasteiger charge is 2.35. The van der Waals surface area contributed by atoms with Gasteiger partial charge in [0.25, 0.3) is 11.8 Å². The highest BCUT2D eigenvalue weighted by Crippen LogP contribution is 2.22. The average Bonchev–Trinajstić information content (AvgIpc) is 2.90. The number of likely N-dealkylation sites (tertiary alicyclic amines) is 1. The molecule has 1 saturated heterocycles. The normalized spacial score (nSPS) is 19.7. The van der Waals surface area contributed by atoms with Crippen LogP contribution in [0.2, 0.25) is 0 Å². The number of rotatable bonds is 7. The second-order valence-corrected chi connectivity index (χ2v) is 8.85. The lowest BCUT2D eigenvalue weighted by Crippen LogP contribution is -2.45. The maximum Gasteiger partial charge on any atom is 0.261 e. The van der Waals surface area contributed by atoms with E-state index in [-0.39, 0.29) is 18.3 Å². The van der Waals surface area contributed by atoms with Gasteiger partial charge in [-0.15, -0.1) is 0 Å². The molecule has 1 aromatic rings. The molecule has 2 heterocycles. The third-order valence-corrected chi connectivity index (χ3v) is 6.40. The van der Waals surface area contributed by atoms with Crippen molar-refractivity contribution < 1.29 is 18.0 Å². The summed E-state index contributed by atoms with van der Waals surface area (Å²) < 4.78 is 27.2.